The molecule has 0 saturated carbocycles. The van der Waals surface area contributed by atoms with Gasteiger partial charge in [0.05, 0.1) is 0 Å². The summed E-state index contributed by atoms with van der Waals surface area (Å²) in [6, 6.07) is 4.13. The van der Waals surface area contributed by atoms with Gasteiger partial charge in [-0.2, -0.15) is 0 Å². The Morgan fingerprint density at radius 3 is 2.94 bits per heavy atom. The van der Waals surface area contributed by atoms with Gasteiger partial charge in [-0.1, -0.05) is 12.1 Å². The lowest BCUT2D eigenvalue weighted by molar-refractivity contribution is 0.0958. The van der Waals surface area contributed by atoms with E-state index in [1.165, 1.54) is 5.57 Å². The number of rotatable bonds is 2. The maximum atomic E-state index is 11.4. The van der Waals surface area contributed by atoms with E-state index >= 15 is 0 Å². The zero-order chi connectivity index (χ0) is 12.3. The molecular formula is C13H17N3O. The maximum absolute atomic E-state index is 11.4. The highest BCUT2D eigenvalue weighted by atomic mass is 16.1. The van der Waals surface area contributed by atoms with Gasteiger partial charge < -0.3 is 10.6 Å². The minimum absolute atomic E-state index is 0.149. The van der Waals surface area contributed by atoms with Gasteiger partial charge in [-0.3, -0.25) is 9.78 Å². The Morgan fingerprint density at radius 2 is 2.35 bits per heavy atom. The van der Waals surface area contributed by atoms with Crippen LogP contribution < -0.4 is 10.6 Å². The number of nitrogens with one attached hydrogen (secondary N) is 2. The Hall–Kier alpha value is -1.68. The molecular weight excluding hydrogens is 214 g/mol. The highest BCUT2D eigenvalue weighted by Crippen LogP contribution is 2.20. The topological polar surface area (TPSA) is 54.0 Å². The van der Waals surface area contributed by atoms with Crippen molar-refractivity contribution in [3.8, 4) is 0 Å². The average Bonchev–Trinajstić information content (AvgIpc) is 2.38. The Bertz CT molecular complexity index is 436. The molecule has 4 nitrogen and oxygen atoms in total. The third-order valence-corrected chi connectivity index (χ3v) is 2.91. The second kappa shape index (κ2) is 5.10. The van der Waals surface area contributed by atoms with Crippen molar-refractivity contribution in [1.82, 2.24) is 15.6 Å². The van der Waals surface area contributed by atoms with Crippen LogP contribution in [-0.2, 0) is 0 Å². The first kappa shape index (κ1) is 11.8. The van der Waals surface area contributed by atoms with Crippen LogP contribution in [0.4, 0.5) is 0 Å². The van der Waals surface area contributed by atoms with E-state index in [0.717, 1.165) is 18.5 Å². The fraction of sp³-hybridized carbons (Fsp3) is 0.385. The second-order valence-corrected chi connectivity index (χ2v) is 4.20. The van der Waals surface area contributed by atoms with E-state index < -0.39 is 0 Å². The van der Waals surface area contributed by atoms with Crippen LogP contribution in [0.25, 0.3) is 5.57 Å². The van der Waals surface area contributed by atoms with Crippen molar-refractivity contribution < 1.29 is 4.79 Å². The Morgan fingerprint density at radius 1 is 1.53 bits per heavy atom. The van der Waals surface area contributed by atoms with Crippen LogP contribution in [0.2, 0.25) is 0 Å². The molecule has 0 bridgehead atoms. The van der Waals surface area contributed by atoms with Crippen molar-refractivity contribution in [1.29, 1.82) is 0 Å². The SMILES string of the molecule is CNC(=O)c1ccc(C2=CC(C)NCC2)cn1. The summed E-state index contributed by atoms with van der Waals surface area (Å²) < 4.78 is 0. The minimum atomic E-state index is -0.149. The van der Waals surface area contributed by atoms with Crippen molar-refractivity contribution in [3.63, 3.8) is 0 Å². The molecule has 0 saturated heterocycles. The van der Waals surface area contributed by atoms with Crippen LogP contribution in [0, 0.1) is 0 Å². The molecule has 2 rings (SSSR count). The normalized spacial score (nSPS) is 19.6. The fourth-order valence-corrected chi connectivity index (χ4v) is 1.97. The van der Waals surface area contributed by atoms with Gasteiger partial charge in [0.1, 0.15) is 5.69 Å². The summed E-state index contributed by atoms with van der Waals surface area (Å²) in [6.45, 7) is 3.12. The van der Waals surface area contributed by atoms with E-state index in [4.69, 9.17) is 0 Å². The number of hydrogen-bond donors (Lipinski definition) is 2. The standard InChI is InChI=1S/C13H17N3O/c1-9-7-10(5-6-15-9)11-3-4-12(16-8-11)13(17)14-2/h3-4,7-9,15H,5-6H2,1-2H3,(H,14,17). The van der Waals surface area contributed by atoms with Crippen LogP contribution >= 0.6 is 0 Å². The zero-order valence-electron chi connectivity index (χ0n) is 10.2. The molecule has 1 atom stereocenters. The predicted octanol–water partition coefficient (Wildman–Crippen LogP) is 1.21. The summed E-state index contributed by atoms with van der Waals surface area (Å²) >= 11 is 0. The first-order valence-electron chi connectivity index (χ1n) is 5.83. The molecule has 17 heavy (non-hydrogen) atoms. The predicted molar refractivity (Wildman–Crippen MR) is 67.7 cm³/mol. The quantitative estimate of drug-likeness (QED) is 0.804. The highest BCUT2D eigenvalue weighted by molar-refractivity contribution is 5.92. The van der Waals surface area contributed by atoms with Crippen molar-refractivity contribution in [2.75, 3.05) is 13.6 Å². The second-order valence-electron chi connectivity index (χ2n) is 4.20. The molecule has 1 aromatic heterocycles. The molecule has 0 aromatic carbocycles. The highest BCUT2D eigenvalue weighted by Gasteiger charge is 2.11. The van der Waals surface area contributed by atoms with Gasteiger partial charge in [-0.15, -0.1) is 0 Å². The zero-order valence-corrected chi connectivity index (χ0v) is 10.2. The Balaban J connectivity index is 2.20. The van der Waals surface area contributed by atoms with Gasteiger partial charge in [0.2, 0.25) is 0 Å². The largest absolute Gasteiger partial charge is 0.354 e. The Labute approximate surface area is 101 Å². The summed E-state index contributed by atoms with van der Waals surface area (Å²) in [5.74, 6) is -0.149. The van der Waals surface area contributed by atoms with Crippen LogP contribution in [0.3, 0.4) is 0 Å². The number of carbonyl (C=O) groups is 1. The first-order chi connectivity index (χ1) is 8.20. The van der Waals surface area contributed by atoms with Crippen molar-refractivity contribution in [2.24, 2.45) is 0 Å². The summed E-state index contributed by atoms with van der Waals surface area (Å²) in [4.78, 5) is 15.5. The number of pyridine rings is 1. The van der Waals surface area contributed by atoms with Crippen molar-refractivity contribution in [2.45, 2.75) is 19.4 Å². The van der Waals surface area contributed by atoms with Gasteiger partial charge >= 0.3 is 0 Å². The lowest BCUT2D eigenvalue weighted by Crippen LogP contribution is -2.29. The van der Waals surface area contributed by atoms with Crippen LogP contribution in [0.15, 0.2) is 24.4 Å². The van der Waals surface area contributed by atoms with Crippen LogP contribution in [0.1, 0.15) is 29.4 Å². The Kier molecular flexibility index (Phi) is 3.54. The summed E-state index contributed by atoms with van der Waals surface area (Å²) in [5, 5.41) is 5.92. The van der Waals surface area contributed by atoms with Gasteiger partial charge in [0, 0.05) is 19.3 Å². The summed E-state index contributed by atoms with van der Waals surface area (Å²) in [5.41, 5.74) is 2.86. The van der Waals surface area contributed by atoms with Crippen LogP contribution in [-0.4, -0.2) is 30.5 Å². The molecule has 90 valence electrons. The van der Waals surface area contributed by atoms with Crippen molar-refractivity contribution in [3.05, 3.63) is 35.7 Å². The molecule has 0 fully saturated rings. The maximum Gasteiger partial charge on any atom is 0.269 e. The third-order valence-electron chi connectivity index (χ3n) is 2.91. The molecule has 1 amide bonds. The molecule has 0 spiro atoms. The molecule has 4 heteroatoms. The van der Waals surface area contributed by atoms with Gasteiger partial charge in [0.15, 0.2) is 0 Å². The number of amides is 1. The number of hydrogen-bond acceptors (Lipinski definition) is 3. The van der Waals surface area contributed by atoms with E-state index in [-0.39, 0.29) is 5.91 Å². The number of aromatic nitrogens is 1. The van der Waals surface area contributed by atoms with Crippen LogP contribution in [0.5, 0.6) is 0 Å². The average molecular weight is 231 g/mol. The molecule has 2 N–H and O–H groups in total. The van der Waals surface area contributed by atoms with E-state index in [9.17, 15) is 4.79 Å². The van der Waals surface area contributed by atoms with E-state index in [1.807, 2.05) is 6.07 Å². The smallest absolute Gasteiger partial charge is 0.269 e. The first-order valence-corrected chi connectivity index (χ1v) is 5.83. The lowest BCUT2D eigenvalue weighted by atomic mass is 9.99. The van der Waals surface area contributed by atoms with Gasteiger partial charge in [-0.25, -0.2) is 0 Å². The summed E-state index contributed by atoms with van der Waals surface area (Å²) in [6.07, 6.45) is 4.99. The lowest BCUT2D eigenvalue weighted by Gasteiger charge is -2.19. The third kappa shape index (κ3) is 2.71. The summed E-state index contributed by atoms with van der Waals surface area (Å²) in [7, 11) is 1.61. The molecule has 2 heterocycles. The number of nitrogens with zero attached hydrogens (tertiary/aromatic N) is 1. The molecule has 1 aromatic rings. The molecule has 0 radical (unpaired) electrons. The number of carbonyl (C=O) groups excluding carboxylic acids is 1. The van der Waals surface area contributed by atoms with Crippen molar-refractivity contribution >= 4 is 11.5 Å². The molecule has 1 aliphatic heterocycles. The molecule has 1 aliphatic rings. The molecule has 1 unspecified atom stereocenters. The van der Waals surface area contributed by atoms with E-state index in [2.05, 4.69) is 28.6 Å². The van der Waals surface area contributed by atoms with Gasteiger partial charge in [-0.05, 0) is 37.1 Å². The van der Waals surface area contributed by atoms with E-state index in [0.29, 0.717) is 11.7 Å². The monoisotopic (exact) mass is 231 g/mol. The van der Waals surface area contributed by atoms with Gasteiger partial charge in [0.25, 0.3) is 5.91 Å². The van der Waals surface area contributed by atoms with E-state index in [1.54, 1.807) is 19.3 Å². The minimum Gasteiger partial charge on any atom is -0.354 e. The fourth-order valence-electron chi connectivity index (χ4n) is 1.97. The molecule has 0 aliphatic carbocycles.